The van der Waals surface area contributed by atoms with Crippen molar-refractivity contribution in [3.05, 3.63) is 72.3 Å². The quantitative estimate of drug-likeness (QED) is 0.350. The molecule has 5 rings (SSSR count). The van der Waals surface area contributed by atoms with Crippen LogP contribution >= 0.6 is 0 Å². The van der Waals surface area contributed by atoms with Crippen LogP contribution in [0.4, 0.5) is 11.4 Å². The lowest BCUT2D eigenvalue weighted by molar-refractivity contribution is 0.565. The van der Waals surface area contributed by atoms with E-state index in [1.165, 1.54) is 6.58 Å². The van der Waals surface area contributed by atoms with E-state index < -0.39 is 38.2 Å². The molecule has 0 bridgehead atoms. The van der Waals surface area contributed by atoms with Crippen molar-refractivity contribution in [2.75, 3.05) is 6.58 Å². The number of anilines is 2. The van der Waals surface area contributed by atoms with E-state index >= 15 is 0 Å². The summed E-state index contributed by atoms with van der Waals surface area (Å²) in [5.41, 5.74) is 3.64. The fourth-order valence-electron chi connectivity index (χ4n) is 4.18. The standard InChI is InChI=1S/C21H16N2O4S2.Al/c1-13-12-15-7-3-5-9-17(15)20(21(13)23-29(26)27)19-16-8-4-2-6-14(16)10-11-18(19)22-28(24)25;/h2-12H,1H3,(H,24,25)(H,26,27);/q-2;+2. The molecular formula is C21H16AlN2O4S2. The van der Waals surface area contributed by atoms with Crippen LogP contribution in [-0.2, 0) is 22.5 Å². The van der Waals surface area contributed by atoms with Gasteiger partial charge < -0.3 is 6.58 Å². The average Bonchev–Trinajstić information content (AvgIpc) is 2.89. The van der Waals surface area contributed by atoms with Gasteiger partial charge in [-0.1, -0.05) is 54.6 Å². The van der Waals surface area contributed by atoms with Gasteiger partial charge in [-0.05, 0) is 46.2 Å². The van der Waals surface area contributed by atoms with Crippen molar-refractivity contribution >= 4 is 71.1 Å². The summed E-state index contributed by atoms with van der Waals surface area (Å²) >= 11 is -5.86. The molecule has 1 aliphatic heterocycles. The molecule has 1 radical (unpaired) electrons. The van der Waals surface area contributed by atoms with Crippen molar-refractivity contribution in [1.82, 2.24) is 0 Å². The molecule has 0 saturated heterocycles. The van der Waals surface area contributed by atoms with Crippen molar-refractivity contribution in [1.29, 1.82) is 0 Å². The molecule has 2 unspecified atom stereocenters. The second-order valence-electron chi connectivity index (χ2n) is 7.05. The molecule has 30 heavy (non-hydrogen) atoms. The fraction of sp³-hybridized carbons (Fsp3) is 0.0476. The first-order valence-electron chi connectivity index (χ1n) is 9.17. The molecule has 0 spiro atoms. The second kappa shape index (κ2) is 7.46. The summed E-state index contributed by atoms with van der Waals surface area (Å²) in [7, 11) is 0. The number of nitrogens with zero attached hydrogens (tertiary/aromatic N) is 2. The van der Waals surface area contributed by atoms with Gasteiger partial charge in [0.05, 0.1) is 0 Å². The Labute approximate surface area is 185 Å². The molecule has 4 aromatic carbocycles. The third-order valence-electron chi connectivity index (χ3n) is 5.37. The highest BCUT2D eigenvalue weighted by molar-refractivity contribution is 7.85. The summed E-state index contributed by atoms with van der Waals surface area (Å²) in [4.78, 5) is 0. The minimum atomic E-state index is -2.35. The highest BCUT2D eigenvalue weighted by Crippen LogP contribution is 2.49. The Morgan fingerprint density at radius 1 is 0.767 bits per heavy atom. The molecule has 1 aliphatic rings. The largest absolute Gasteiger partial charge is 0.585 e. The normalized spacial score (nSPS) is 15.3. The third-order valence-corrected chi connectivity index (χ3v) is 9.03. The number of hydrogen-bond donors (Lipinski definition) is 2. The lowest BCUT2D eigenvalue weighted by atomic mass is 9.89. The minimum absolute atomic E-state index is 0.578. The highest BCUT2D eigenvalue weighted by Gasteiger charge is 2.35. The maximum absolute atomic E-state index is 12.4. The predicted octanol–water partition coefficient (Wildman–Crippen LogP) is 4.40. The van der Waals surface area contributed by atoms with Crippen molar-refractivity contribution in [3.8, 4) is 11.1 Å². The molecule has 0 fully saturated rings. The van der Waals surface area contributed by atoms with Crippen molar-refractivity contribution in [2.24, 2.45) is 0 Å². The van der Waals surface area contributed by atoms with Gasteiger partial charge in [0.1, 0.15) is 0 Å². The Balaban J connectivity index is 2.05. The number of aryl methyl sites for hydroxylation is 1. The maximum Gasteiger partial charge on any atom is 0.585 e. The first-order chi connectivity index (χ1) is 14.5. The Hall–Kier alpha value is -2.25. The second-order valence-corrected chi connectivity index (χ2v) is 10.8. The third kappa shape index (κ3) is 2.98. The summed E-state index contributed by atoms with van der Waals surface area (Å²) in [6.07, 6.45) is 0. The van der Waals surface area contributed by atoms with Gasteiger partial charge in [0.15, 0.2) is 0 Å². The number of benzene rings is 4. The van der Waals surface area contributed by atoms with Gasteiger partial charge >= 0.3 is 15.7 Å². The molecular weight excluding hydrogens is 435 g/mol. The van der Waals surface area contributed by atoms with Gasteiger partial charge in [-0.3, -0.25) is 9.11 Å². The molecule has 9 heteroatoms. The van der Waals surface area contributed by atoms with Gasteiger partial charge in [-0.2, -0.15) is 0 Å². The van der Waals surface area contributed by atoms with E-state index in [-0.39, 0.29) is 0 Å². The molecule has 1 heterocycles. The smallest absolute Gasteiger partial charge is 0.344 e. The van der Waals surface area contributed by atoms with Crippen molar-refractivity contribution in [3.63, 3.8) is 0 Å². The van der Waals surface area contributed by atoms with Gasteiger partial charge in [-0.15, -0.1) is 0 Å². The lowest BCUT2D eigenvalue weighted by Gasteiger charge is -2.25. The highest BCUT2D eigenvalue weighted by atomic mass is 32.2. The van der Waals surface area contributed by atoms with Gasteiger partial charge in [-0.25, -0.2) is 8.42 Å². The Morgan fingerprint density at radius 2 is 1.37 bits per heavy atom. The molecule has 2 N–H and O–H groups in total. The van der Waals surface area contributed by atoms with Crippen molar-refractivity contribution < 1.29 is 17.5 Å². The summed E-state index contributed by atoms with van der Waals surface area (Å²) in [5, 5.41) is 3.85. The van der Waals surface area contributed by atoms with Gasteiger partial charge in [0, 0.05) is 22.5 Å². The molecule has 4 aromatic rings. The van der Waals surface area contributed by atoms with E-state index in [1.54, 1.807) is 0 Å². The van der Waals surface area contributed by atoms with E-state index in [4.69, 9.17) is 0 Å². The maximum atomic E-state index is 12.4. The van der Waals surface area contributed by atoms with Crippen LogP contribution < -0.4 is 6.58 Å². The predicted molar refractivity (Wildman–Crippen MR) is 124 cm³/mol. The zero-order valence-corrected chi connectivity index (χ0v) is 18.6. The summed E-state index contributed by atoms with van der Waals surface area (Å²) in [6, 6.07) is 21.5. The molecule has 0 amide bonds. The van der Waals surface area contributed by atoms with E-state index in [0.717, 1.165) is 38.2 Å². The zero-order valence-electron chi connectivity index (χ0n) is 15.9. The van der Waals surface area contributed by atoms with Crippen LogP contribution in [0.15, 0.2) is 66.7 Å². The average molecular weight is 451 g/mol. The SMILES string of the molecule is Cc1cc2ccccc2c2c1[N](S(=O)O)[Al][N](S(=O)O)c1ccc3ccccc3c1-2. The summed E-state index contributed by atoms with van der Waals surface area (Å²) in [5.74, 6) is 0. The first-order valence-corrected chi connectivity index (χ1v) is 12.3. The summed E-state index contributed by atoms with van der Waals surface area (Å²) in [6.45, 7) is 1.90. The van der Waals surface area contributed by atoms with Gasteiger partial charge in [0.2, 0.25) is 22.5 Å². The van der Waals surface area contributed by atoms with Crippen LogP contribution in [-0.4, -0.2) is 33.2 Å². The first kappa shape index (κ1) is 19.7. The molecule has 2 atom stereocenters. The van der Waals surface area contributed by atoms with Crippen LogP contribution in [0.3, 0.4) is 0 Å². The van der Waals surface area contributed by atoms with E-state index in [2.05, 4.69) is 0 Å². The van der Waals surface area contributed by atoms with E-state index in [0.29, 0.717) is 11.4 Å². The summed E-state index contributed by atoms with van der Waals surface area (Å²) < 4.78 is 47.6. The number of hydrogen-bond acceptors (Lipinski definition) is 2. The fourth-order valence-corrected chi connectivity index (χ4v) is 7.26. The molecule has 0 saturated carbocycles. The lowest BCUT2D eigenvalue weighted by Crippen LogP contribution is -2.43. The van der Waals surface area contributed by atoms with Crippen LogP contribution in [0.1, 0.15) is 5.56 Å². The van der Waals surface area contributed by atoms with Crippen LogP contribution in [0.5, 0.6) is 0 Å². The monoisotopic (exact) mass is 451 g/mol. The van der Waals surface area contributed by atoms with E-state index in [1.807, 2.05) is 73.7 Å². The van der Waals surface area contributed by atoms with Crippen LogP contribution in [0.25, 0.3) is 32.7 Å². The molecule has 0 aromatic heterocycles. The Bertz CT molecular complexity index is 1380. The van der Waals surface area contributed by atoms with Gasteiger partial charge in [0.25, 0.3) is 0 Å². The number of rotatable bonds is 2. The van der Waals surface area contributed by atoms with Crippen molar-refractivity contribution in [2.45, 2.75) is 6.92 Å². The molecule has 0 aliphatic carbocycles. The van der Waals surface area contributed by atoms with E-state index in [9.17, 15) is 17.5 Å². The number of fused-ring (bicyclic) bond motifs is 7. The zero-order chi connectivity index (χ0) is 21.0. The van der Waals surface area contributed by atoms with Crippen LogP contribution in [0.2, 0.25) is 0 Å². The molecule has 149 valence electrons. The molecule has 6 nitrogen and oxygen atoms in total. The minimum Gasteiger partial charge on any atom is -0.344 e. The van der Waals surface area contributed by atoms with Crippen LogP contribution in [0, 0.1) is 6.92 Å². The topological polar surface area (TPSA) is 81.1 Å². The Morgan fingerprint density at radius 3 is 2.03 bits per heavy atom. The Kier molecular flexibility index (Phi) is 4.90.